The van der Waals surface area contributed by atoms with Gasteiger partial charge in [0.1, 0.15) is 5.01 Å². The highest BCUT2D eigenvalue weighted by atomic mass is 32.1. The zero-order valence-electron chi connectivity index (χ0n) is 16.4. The zero-order valence-corrected chi connectivity index (χ0v) is 17.2. The normalized spacial score (nSPS) is 25.5. The van der Waals surface area contributed by atoms with Gasteiger partial charge < -0.3 is 10.6 Å². The van der Waals surface area contributed by atoms with E-state index in [0.717, 1.165) is 17.0 Å². The second-order valence-electron chi connectivity index (χ2n) is 8.68. The van der Waals surface area contributed by atoms with E-state index in [2.05, 4.69) is 29.5 Å². The molecule has 0 radical (unpaired) electrons. The molecule has 1 amide bonds. The van der Waals surface area contributed by atoms with Crippen LogP contribution in [0.3, 0.4) is 0 Å². The Morgan fingerprint density at radius 3 is 2.54 bits per heavy atom. The summed E-state index contributed by atoms with van der Waals surface area (Å²) >= 11 is 1.68. The maximum atomic E-state index is 12.4. The largest absolute Gasteiger partial charge is 0.347 e. The molecule has 146 valence electrons. The lowest BCUT2D eigenvalue weighted by Crippen LogP contribution is -2.37. The first kappa shape index (κ1) is 19.8. The standard InChI is InChI=1S/C21H35N3OS/c1-15(2)13-19(25)24-20(21-22-11-12-26-21)17-9-7-16(8-10-17)14-23-18-5-3-4-6-18/h11-12,15-18,20,23H,3-10,13-14H2,1-2H3,(H,24,25)/t16?,17?,20-/m0/s1. The van der Waals surface area contributed by atoms with Crippen LogP contribution in [0.5, 0.6) is 0 Å². The van der Waals surface area contributed by atoms with Crippen LogP contribution in [0.2, 0.25) is 0 Å². The molecule has 0 unspecified atom stereocenters. The summed E-state index contributed by atoms with van der Waals surface area (Å²) < 4.78 is 0. The predicted molar refractivity (Wildman–Crippen MR) is 108 cm³/mol. The number of carbonyl (C=O) groups is 1. The third-order valence-corrected chi connectivity index (χ3v) is 6.90. The molecule has 2 N–H and O–H groups in total. The molecule has 2 aliphatic rings. The number of hydrogen-bond acceptors (Lipinski definition) is 4. The van der Waals surface area contributed by atoms with Crippen molar-refractivity contribution in [2.24, 2.45) is 17.8 Å². The van der Waals surface area contributed by atoms with E-state index in [9.17, 15) is 4.79 Å². The zero-order chi connectivity index (χ0) is 18.4. The maximum Gasteiger partial charge on any atom is 0.220 e. The lowest BCUT2D eigenvalue weighted by Gasteiger charge is -2.34. The van der Waals surface area contributed by atoms with E-state index in [1.807, 2.05) is 11.6 Å². The van der Waals surface area contributed by atoms with Gasteiger partial charge in [0, 0.05) is 24.0 Å². The molecule has 3 rings (SSSR count). The predicted octanol–water partition coefficient (Wildman–Crippen LogP) is 4.69. The summed E-state index contributed by atoms with van der Waals surface area (Å²) in [6.07, 6.45) is 12.9. The second-order valence-corrected chi connectivity index (χ2v) is 9.61. The Bertz CT molecular complexity index is 531. The first-order valence-electron chi connectivity index (χ1n) is 10.5. The van der Waals surface area contributed by atoms with Crippen LogP contribution in [0.15, 0.2) is 11.6 Å². The molecule has 2 aliphatic carbocycles. The third kappa shape index (κ3) is 5.78. The van der Waals surface area contributed by atoms with Gasteiger partial charge in [-0.1, -0.05) is 26.7 Å². The van der Waals surface area contributed by atoms with Gasteiger partial charge in [-0.05, 0) is 62.8 Å². The smallest absolute Gasteiger partial charge is 0.220 e. The molecule has 0 saturated heterocycles. The van der Waals surface area contributed by atoms with Crippen LogP contribution in [0.1, 0.15) is 82.7 Å². The summed E-state index contributed by atoms with van der Waals surface area (Å²) in [7, 11) is 0. The molecule has 5 heteroatoms. The summed E-state index contributed by atoms with van der Waals surface area (Å²) in [5, 5.41) is 10.2. The van der Waals surface area contributed by atoms with E-state index in [1.54, 1.807) is 11.3 Å². The number of nitrogens with one attached hydrogen (secondary N) is 2. The average Bonchev–Trinajstić information content (AvgIpc) is 3.31. The Morgan fingerprint density at radius 2 is 1.92 bits per heavy atom. The summed E-state index contributed by atoms with van der Waals surface area (Å²) in [6.45, 7) is 5.38. The van der Waals surface area contributed by atoms with Crippen molar-refractivity contribution in [3.05, 3.63) is 16.6 Å². The highest BCUT2D eigenvalue weighted by Crippen LogP contribution is 2.37. The Hall–Kier alpha value is -0.940. The minimum Gasteiger partial charge on any atom is -0.347 e. The molecule has 0 aliphatic heterocycles. The van der Waals surface area contributed by atoms with Crippen molar-refractivity contribution in [1.82, 2.24) is 15.6 Å². The van der Waals surface area contributed by atoms with Crippen molar-refractivity contribution in [1.29, 1.82) is 0 Å². The van der Waals surface area contributed by atoms with Crippen molar-refractivity contribution in [2.45, 2.75) is 83.7 Å². The fourth-order valence-corrected chi connectivity index (χ4v) is 5.34. The molecule has 4 nitrogen and oxygen atoms in total. The number of nitrogens with zero attached hydrogens (tertiary/aromatic N) is 1. The van der Waals surface area contributed by atoms with Crippen LogP contribution < -0.4 is 10.6 Å². The van der Waals surface area contributed by atoms with E-state index in [1.165, 1.54) is 57.9 Å². The first-order chi connectivity index (χ1) is 12.6. The topological polar surface area (TPSA) is 54.0 Å². The Morgan fingerprint density at radius 1 is 1.19 bits per heavy atom. The molecule has 2 saturated carbocycles. The monoisotopic (exact) mass is 377 g/mol. The summed E-state index contributed by atoms with van der Waals surface area (Å²) in [6, 6.07) is 0.871. The highest BCUT2D eigenvalue weighted by molar-refractivity contribution is 7.09. The lowest BCUT2D eigenvalue weighted by molar-refractivity contribution is -0.123. The molecule has 1 aromatic rings. The Balaban J connectivity index is 1.50. The number of amides is 1. The first-order valence-corrected chi connectivity index (χ1v) is 11.4. The van der Waals surface area contributed by atoms with Crippen LogP contribution in [0, 0.1) is 17.8 Å². The molecule has 1 aromatic heterocycles. The minimum absolute atomic E-state index is 0.102. The third-order valence-electron chi connectivity index (χ3n) is 6.04. The molecule has 26 heavy (non-hydrogen) atoms. The van der Waals surface area contributed by atoms with Gasteiger partial charge >= 0.3 is 0 Å². The van der Waals surface area contributed by atoms with E-state index in [-0.39, 0.29) is 11.9 Å². The fourth-order valence-electron chi connectivity index (χ4n) is 4.56. The number of carbonyl (C=O) groups excluding carboxylic acids is 1. The summed E-state index contributed by atoms with van der Waals surface area (Å²) in [5.41, 5.74) is 0. The van der Waals surface area contributed by atoms with Gasteiger partial charge in [0.05, 0.1) is 6.04 Å². The van der Waals surface area contributed by atoms with Crippen molar-refractivity contribution < 1.29 is 4.79 Å². The van der Waals surface area contributed by atoms with Crippen molar-refractivity contribution in [3.63, 3.8) is 0 Å². The Kier molecular flexibility index (Phi) is 7.50. The van der Waals surface area contributed by atoms with Crippen molar-refractivity contribution >= 4 is 17.2 Å². The molecule has 1 atom stereocenters. The van der Waals surface area contributed by atoms with E-state index in [0.29, 0.717) is 18.3 Å². The number of aromatic nitrogens is 1. The summed E-state index contributed by atoms with van der Waals surface area (Å²) in [5.74, 6) is 1.89. The molecule has 0 bridgehead atoms. The minimum atomic E-state index is 0.102. The number of thiazole rings is 1. The number of rotatable bonds is 8. The average molecular weight is 378 g/mol. The van der Waals surface area contributed by atoms with Crippen LogP contribution in [0.4, 0.5) is 0 Å². The van der Waals surface area contributed by atoms with Crippen molar-refractivity contribution in [3.8, 4) is 0 Å². The van der Waals surface area contributed by atoms with Crippen LogP contribution in [0.25, 0.3) is 0 Å². The Labute approximate surface area is 162 Å². The van der Waals surface area contributed by atoms with E-state index >= 15 is 0 Å². The number of hydrogen-bond donors (Lipinski definition) is 2. The van der Waals surface area contributed by atoms with Crippen LogP contribution >= 0.6 is 11.3 Å². The van der Waals surface area contributed by atoms with Gasteiger partial charge in [-0.2, -0.15) is 0 Å². The molecule has 0 spiro atoms. The highest BCUT2D eigenvalue weighted by Gasteiger charge is 2.31. The summed E-state index contributed by atoms with van der Waals surface area (Å²) in [4.78, 5) is 16.9. The van der Waals surface area contributed by atoms with Gasteiger partial charge in [-0.3, -0.25) is 4.79 Å². The van der Waals surface area contributed by atoms with Crippen LogP contribution in [-0.2, 0) is 4.79 Å². The van der Waals surface area contributed by atoms with Gasteiger partial charge in [0.25, 0.3) is 0 Å². The van der Waals surface area contributed by atoms with Gasteiger partial charge in [0.2, 0.25) is 5.91 Å². The van der Waals surface area contributed by atoms with Gasteiger partial charge in [-0.25, -0.2) is 4.98 Å². The quantitative estimate of drug-likeness (QED) is 0.691. The van der Waals surface area contributed by atoms with Gasteiger partial charge in [-0.15, -0.1) is 11.3 Å². The van der Waals surface area contributed by atoms with Crippen molar-refractivity contribution in [2.75, 3.05) is 6.54 Å². The lowest BCUT2D eigenvalue weighted by atomic mass is 9.78. The van der Waals surface area contributed by atoms with E-state index in [4.69, 9.17) is 0 Å². The SMILES string of the molecule is CC(C)CC(=O)N[C@H](c1nccs1)C1CCC(CNC2CCCC2)CC1. The van der Waals surface area contributed by atoms with E-state index < -0.39 is 0 Å². The maximum absolute atomic E-state index is 12.4. The van der Waals surface area contributed by atoms with Gasteiger partial charge in [0.15, 0.2) is 0 Å². The molecular formula is C21H35N3OS. The molecule has 0 aromatic carbocycles. The molecule has 2 fully saturated rings. The van der Waals surface area contributed by atoms with Crippen LogP contribution in [-0.4, -0.2) is 23.5 Å². The molecular weight excluding hydrogens is 342 g/mol. The molecule has 1 heterocycles. The second kappa shape index (κ2) is 9.84. The fraction of sp³-hybridized carbons (Fsp3) is 0.810.